The number of carbonyl (C=O) groups excluding carboxylic acids is 1. The maximum absolute atomic E-state index is 13.3. The fourth-order valence-electron chi connectivity index (χ4n) is 4.84. The summed E-state index contributed by atoms with van der Waals surface area (Å²) in [6.07, 6.45) is 1.67. The van der Waals surface area contributed by atoms with Gasteiger partial charge < -0.3 is 4.90 Å². The maximum atomic E-state index is 13.3. The largest absolute Gasteiger partial charge is 0.302 e. The van der Waals surface area contributed by atoms with Gasteiger partial charge in [0.1, 0.15) is 0 Å². The molecule has 5 rings (SSSR count). The molecule has 0 N–H and O–H groups in total. The van der Waals surface area contributed by atoms with Crippen molar-refractivity contribution in [2.75, 3.05) is 19.6 Å². The Labute approximate surface area is 223 Å². The molecule has 4 aromatic rings. The summed E-state index contributed by atoms with van der Waals surface area (Å²) < 4.78 is 5.34. The lowest BCUT2D eigenvalue weighted by atomic mass is 9.89. The molecule has 178 valence electrons. The highest BCUT2D eigenvalue weighted by atomic mass is 127. The molecule has 0 saturated carbocycles. The second-order valence-electron chi connectivity index (χ2n) is 8.91. The third kappa shape index (κ3) is 5.03. The molecule has 1 fully saturated rings. The van der Waals surface area contributed by atoms with Crippen LogP contribution in [-0.4, -0.2) is 39.5 Å². The third-order valence-corrected chi connectivity index (χ3v) is 7.91. The van der Waals surface area contributed by atoms with E-state index in [4.69, 9.17) is 12.2 Å². The number of para-hydroxylation sites is 2. The minimum absolute atomic E-state index is 0.0541. The normalized spacial score (nSPS) is 14.9. The molecular weight excluding hydrogens is 569 g/mol. The van der Waals surface area contributed by atoms with E-state index in [9.17, 15) is 9.59 Å². The van der Waals surface area contributed by atoms with Crippen LogP contribution in [0, 0.1) is 14.3 Å². The van der Waals surface area contributed by atoms with Crippen molar-refractivity contribution in [1.29, 1.82) is 0 Å². The van der Waals surface area contributed by atoms with Crippen LogP contribution in [0.5, 0.6) is 0 Å². The Morgan fingerprint density at radius 2 is 1.54 bits per heavy atom. The van der Waals surface area contributed by atoms with E-state index in [0.717, 1.165) is 52.8 Å². The van der Waals surface area contributed by atoms with Crippen molar-refractivity contribution in [2.45, 2.75) is 19.4 Å². The van der Waals surface area contributed by atoms with E-state index in [1.807, 2.05) is 83.4 Å². The second-order valence-corrected chi connectivity index (χ2v) is 10.5. The molecule has 0 atom stereocenters. The Hall–Kier alpha value is -2.62. The Balaban J connectivity index is 1.33. The van der Waals surface area contributed by atoms with Crippen molar-refractivity contribution in [3.8, 4) is 5.69 Å². The van der Waals surface area contributed by atoms with Gasteiger partial charge in [0.25, 0.3) is 5.56 Å². The molecule has 1 aliphatic rings. The standard InChI is InChI=1S/C28H26IN3O2S/c29-22-12-10-20(11-13-22)26(33)21-14-16-30(17-15-21)18-19-31-27(34)24-8-4-5-9-25(24)32(28(31)35)23-6-2-1-3-7-23/h1-13,21H,14-19H2. The molecule has 0 spiro atoms. The lowest BCUT2D eigenvalue weighted by molar-refractivity contribution is 0.0837. The molecule has 0 aliphatic carbocycles. The van der Waals surface area contributed by atoms with E-state index in [2.05, 4.69) is 27.5 Å². The molecule has 0 unspecified atom stereocenters. The topological polar surface area (TPSA) is 47.2 Å². The molecule has 0 amide bonds. The summed E-state index contributed by atoms with van der Waals surface area (Å²) in [6.45, 7) is 2.93. The van der Waals surface area contributed by atoms with E-state index >= 15 is 0 Å². The molecule has 5 nitrogen and oxygen atoms in total. The van der Waals surface area contributed by atoms with E-state index < -0.39 is 0 Å². The van der Waals surface area contributed by atoms with Crippen molar-refractivity contribution in [2.24, 2.45) is 5.92 Å². The molecular formula is C28H26IN3O2S. The summed E-state index contributed by atoms with van der Waals surface area (Å²) in [6, 6.07) is 25.4. The first-order chi connectivity index (χ1) is 17.0. The zero-order valence-electron chi connectivity index (χ0n) is 19.3. The summed E-state index contributed by atoms with van der Waals surface area (Å²) in [4.78, 5) is 28.6. The van der Waals surface area contributed by atoms with Crippen molar-refractivity contribution in [3.05, 3.63) is 103 Å². The Morgan fingerprint density at radius 1 is 0.886 bits per heavy atom. The second kappa shape index (κ2) is 10.6. The zero-order valence-corrected chi connectivity index (χ0v) is 22.2. The molecule has 3 aromatic carbocycles. The lowest BCUT2D eigenvalue weighted by Crippen LogP contribution is -2.39. The summed E-state index contributed by atoms with van der Waals surface area (Å²) in [7, 11) is 0. The third-order valence-electron chi connectivity index (χ3n) is 6.78. The summed E-state index contributed by atoms with van der Waals surface area (Å²) in [5, 5.41) is 0.659. The van der Waals surface area contributed by atoms with Crippen molar-refractivity contribution in [1.82, 2.24) is 14.0 Å². The van der Waals surface area contributed by atoms with E-state index in [0.29, 0.717) is 16.7 Å². The number of nitrogens with zero attached hydrogens (tertiary/aromatic N) is 3. The van der Waals surface area contributed by atoms with Gasteiger partial charge in [-0.2, -0.15) is 0 Å². The number of rotatable bonds is 6. The van der Waals surface area contributed by atoms with Crippen LogP contribution < -0.4 is 5.56 Å². The Bertz CT molecular complexity index is 1470. The van der Waals surface area contributed by atoms with Crippen molar-refractivity contribution >= 4 is 51.5 Å². The molecule has 1 aromatic heterocycles. The number of carbonyl (C=O) groups is 1. The van der Waals surface area contributed by atoms with Crippen molar-refractivity contribution < 1.29 is 4.79 Å². The molecule has 0 bridgehead atoms. The molecule has 7 heteroatoms. The monoisotopic (exact) mass is 595 g/mol. The smallest absolute Gasteiger partial charge is 0.262 e. The van der Waals surface area contributed by atoms with Gasteiger partial charge in [0, 0.05) is 33.8 Å². The van der Waals surface area contributed by atoms with Gasteiger partial charge in [-0.1, -0.05) is 42.5 Å². The van der Waals surface area contributed by atoms with Gasteiger partial charge in [-0.05, 0) is 97.1 Å². The highest BCUT2D eigenvalue weighted by Gasteiger charge is 2.26. The molecule has 35 heavy (non-hydrogen) atoms. The number of piperidine rings is 1. The average Bonchev–Trinajstić information content (AvgIpc) is 2.90. The van der Waals surface area contributed by atoms with Crippen LogP contribution in [0.1, 0.15) is 23.2 Å². The fraction of sp³-hybridized carbons (Fsp3) is 0.250. The SMILES string of the molecule is O=C(c1ccc(I)cc1)C1CCN(CCn2c(=O)c3ccccc3n(-c3ccccc3)c2=S)CC1. The summed E-state index contributed by atoms with van der Waals surface area (Å²) in [5.74, 6) is 0.299. The van der Waals surface area contributed by atoms with Gasteiger partial charge in [0.05, 0.1) is 10.9 Å². The number of hydrogen-bond acceptors (Lipinski definition) is 4. The predicted octanol–water partition coefficient (Wildman–Crippen LogP) is 5.72. The number of hydrogen-bond donors (Lipinski definition) is 0. The first-order valence-corrected chi connectivity index (χ1v) is 13.3. The number of aromatic nitrogens is 2. The average molecular weight is 596 g/mol. The maximum Gasteiger partial charge on any atom is 0.262 e. The van der Waals surface area contributed by atoms with E-state index in [1.165, 1.54) is 0 Å². The summed E-state index contributed by atoms with van der Waals surface area (Å²) >= 11 is 8.09. The Kier molecular flexibility index (Phi) is 7.27. The molecule has 1 saturated heterocycles. The summed E-state index contributed by atoms with van der Waals surface area (Å²) in [5.41, 5.74) is 2.51. The van der Waals surface area contributed by atoms with Gasteiger partial charge >= 0.3 is 0 Å². The van der Waals surface area contributed by atoms with Gasteiger partial charge in [0.2, 0.25) is 0 Å². The minimum atomic E-state index is -0.0541. The number of Topliss-reactive ketones (excluding diaryl/α,β-unsaturated/α-hetero) is 1. The lowest BCUT2D eigenvalue weighted by Gasteiger charge is -2.31. The molecule has 1 aliphatic heterocycles. The quantitative estimate of drug-likeness (QED) is 0.163. The van der Waals surface area contributed by atoms with Crippen LogP contribution in [0.25, 0.3) is 16.6 Å². The van der Waals surface area contributed by atoms with Gasteiger partial charge in [-0.3, -0.25) is 18.7 Å². The van der Waals surface area contributed by atoms with Gasteiger partial charge in [0.15, 0.2) is 10.6 Å². The number of ketones is 1. The fourth-order valence-corrected chi connectivity index (χ4v) is 5.58. The first-order valence-electron chi connectivity index (χ1n) is 11.8. The van der Waals surface area contributed by atoms with Crippen LogP contribution in [0.15, 0.2) is 83.7 Å². The van der Waals surface area contributed by atoms with Crippen LogP contribution in [0.3, 0.4) is 0 Å². The minimum Gasteiger partial charge on any atom is -0.302 e. The predicted molar refractivity (Wildman–Crippen MR) is 151 cm³/mol. The number of halogens is 1. The van der Waals surface area contributed by atoms with Crippen molar-refractivity contribution in [3.63, 3.8) is 0 Å². The number of likely N-dealkylation sites (tertiary alicyclic amines) is 1. The highest BCUT2D eigenvalue weighted by molar-refractivity contribution is 14.1. The number of benzene rings is 3. The molecule has 0 radical (unpaired) electrons. The van der Waals surface area contributed by atoms with Crippen LogP contribution >= 0.6 is 34.8 Å². The molecule has 2 heterocycles. The first kappa shape index (κ1) is 24.1. The number of fused-ring (bicyclic) bond motifs is 1. The zero-order chi connectivity index (χ0) is 24.4. The highest BCUT2D eigenvalue weighted by Crippen LogP contribution is 2.23. The van der Waals surface area contributed by atoms with Crippen LogP contribution in [0.2, 0.25) is 0 Å². The van der Waals surface area contributed by atoms with E-state index in [-0.39, 0.29) is 17.3 Å². The van der Waals surface area contributed by atoms with Crippen LogP contribution in [0.4, 0.5) is 0 Å². The van der Waals surface area contributed by atoms with Gasteiger partial charge in [-0.25, -0.2) is 0 Å². The van der Waals surface area contributed by atoms with Gasteiger partial charge in [-0.15, -0.1) is 0 Å². The van der Waals surface area contributed by atoms with Crippen LogP contribution in [-0.2, 0) is 6.54 Å². The van der Waals surface area contributed by atoms with E-state index in [1.54, 1.807) is 4.57 Å². The Morgan fingerprint density at radius 3 is 2.26 bits per heavy atom.